The first kappa shape index (κ1) is 23.5. The number of likely N-dealkylation sites (tertiary alicyclic amines) is 1. The third-order valence-corrected chi connectivity index (χ3v) is 8.35. The van der Waals surface area contributed by atoms with Crippen LogP contribution in [0.25, 0.3) is 0 Å². The molecule has 7 heteroatoms. The summed E-state index contributed by atoms with van der Waals surface area (Å²) in [6.07, 6.45) is 6.32. The molecule has 176 valence electrons. The van der Waals surface area contributed by atoms with E-state index in [0.717, 1.165) is 38.9 Å². The lowest BCUT2D eigenvalue weighted by atomic mass is 9.68. The quantitative estimate of drug-likeness (QED) is 0.533. The van der Waals surface area contributed by atoms with Crippen molar-refractivity contribution in [3.8, 4) is 0 Å². The molecule has 0 amide bonds. The summed E-state index contributed by atoms with van der Waals surface area (Å²) in [5.74, 6) is 0.464. The number of anilines is 1. The van der Waals surface area contributed by atoms with Gasteiger partial charge in [0.25, 0.3) is 10.0 Å². The number of aryl methyl sites for hydroxylation is 2. The van der Waals surface area contributed by atoms with Gasteiger partial charge in [-0.3, -0.25) is 4.72 Å². The highest BCUT2D eigenvalue weighted by molar-refractivity contribution is 7.92. The Balaban J connectivity index is 1.39. The fraction of sp³-hybridized carbons (Fsp3) is 0.423. The minimum Gasteiger partial charge on any atom is -0.339 e. The van der Waals surface area contributed by atoms with Gasteiger partial charge in [0.15, 0.2) is 5.03 Å². The van der Waals surface area contributed by atoms with Crippen molar-refractivity contribution in [2.75, 3.05) is 24.4 Å². The Morgan fingerprint density at radius 2 is 1.94 bits per heavy atom. The summed E-state index contributed by atoms with van der Waals surface area (Å²) in [4.78, 5) is 6.55. The summed E-state index contributed by atoms with van der Waals surface area (Å²) >= 11 is 0. The van der Waals surface area contributed by atoms with Crippen LogP contribution in [0.15, 0.2) is 72.1 Å². The predicted molar refractivity (Wildman–Crippen MR) is 133 cm³/mol. The lowest BCUT2D eigenvalue weighted by Crippen LogP contribution is -2.47. The maximum Gasteiger partial charge on any atom is 0.280 e. The third kappa shape index (κ3) is 5.47. The van der Waals surface area contributed by atoms with Gasteiger partial charge >= 0.3 is 0 Å². The van der Waals surface area contributed by atoms with Crippen LogP contribution in [0.3, 0.4) is 0 Å². The Labute approximate surface area is 197 Å². The molecule has 1 aliphatic heterocycles. The van der Waals surface area contributed by atoms with Crippen molar-refractivity contribution in [3.05, 3.63) is 78.2 Å². The SMILES string of the molecule is C[C@H]1CN(CCCc2ccccc2)CC[C@]1(C)c1cccc(NS(=O)(=O)c2cn(C)cn2)c1. The zero-order valence-corrected chi connectivity index (χ0v) is 20.6. The van der Waals surface area contributed by atoms with Gasteiger partial charge in [0.05, 0.1) is 6.33 Å². The van der Waals surface area contributed by atoms with Gasteiger partial charge in [-0.2, -0.15) is 8.42 Å². The van der Waals surface area contributed by atoms with E-state index in [1.165, 1.54) is 23.7 Å². The maximum atomic E-state index is 12.7. The second-order valence-corrected chi connectivity index (χ2v) is 11.2. The molecular formula is C26H34N4O2S. The van der Waals surface area contributed by atoms with E-state index in [2.05, 4.69) is 64.9 Å². The van der Waals surface area contributed by atoms with Crippen molar-refractivity contribution < 1.29 is 8.42 Å². The number of aromatic nitrogens is 2. The zero-order valence-electron chi connectivity index (χ0n) is 19.7. The second kappa shape index (κ2) is 9.69. The van der Waals surface area contributed by atoms with E-state index in [4.69, 9.17) is 0 Å². The number of benzene rings is 2. The Morgan fingerprint density at radius 3 is 2.64 bits per heavy atom. The molecule has 0 saturated carbocycles. The number of hydrogen-bond donors (Lipinski definition) is 1. The van der Waals surface area contributed by atoms with Crippen molar-refractivity contribution in [1.82, 2.24) is 14.5 Å². The summed E-state index contributed by atoms with van der Waals surface area (Å²) in [5, 5.41) is 0.0267. The number of nitrogens with zero attached hydrogens (tertiary/aromatic N) is 3. The van der Waals surface area contributed by atoms with E-state index in [-0.39, 0.29) is 10.4 Å². The minimum atomic E-state index is -3.71. The average molecular weight is 467 g/mol. The van der Waals surface area contributed by atoms with Crippen LogP contribution in [-0.2, 0) is 28.9 Å². The summed E-state index contributed by atoms with van der Waals surface area (Å²) in [5.41, 5.74) is 3.16. The minimum absolute atomic E-state index is 0.00236. The topological polar surface area (TPSA) is 67.2 Å². The van der Waals surface area contributed by atoms with Crippen molar-refractivity contribution in [1.29, 1.82) is 0 Å². The number of piperidine rings is 1. The largest absolute Gasteiger partial charge is 0.339 e. The van der Waals surface area contributed by atoms with E-state index >= 15 is 0 Å². The number of hydrogen-bond acceptors (Lipinski definition) is 4. The molecule has 33 heavy (non-hydrogen) atoms. The maximum absolute atomic E-state index is 12.7. The normalized spacial score (nSPS) is 21.7. The van der Waals surface area contributed by atoms with Crippen LogP contribution in [0.5, 0.6) is 0 Å². The number of sulfonamides is 1. The van der Waals surface area contributed by atoms with Crippen LogP contribution in [0, 0.1) is 5.92 Å². The van der Waals surface area contributed by atoms with Crippen LogP contribution >= 0.6 is 0 Å². The van der Waals surface area contributed by atoms with E-state index in [9.17, 15) is 8.42 Å². The molecule has 0 bridgehead atoms. The molecule has 6 nitrogen and oxygen atoms in total. The highest BCUT2D eigenvalue weighted by Crippen LogP contribution is 2.40. The number of imidazole rings is 1. The number of rotatable bonds is 8. The molecule has 0 spiro atoms. The fourth-order valence-electron chi connectivity index (χ4n) is 4.77. The van der Waals surface area contributed by atoms with Gasteiger partial charge in [0.1, 0.15) is 0 Å². The third-order valence-electron chi connectivity index (χ3n) is 7.08. The van der Waals surface area contributed by atoms with Crippen molar-refractivity contribution >= 4 is 15.7 Å². The first-order valence-corrected chi connectivity index (χ1v) is 13.1. The van der Waals surface area contributed by atoms with Gasteiger partial charge in [0.2, 0.25) is 0 Å². The molecule has 1 saturated heterocycles. The smallest absolute Gasteiger partial charge is 0.280 e. The Bertz CT molecular complexity index is 1180. The molecule has 0 unspecified atom stereocenters. The predicted octanol–water partition coefficient (Wildman–Crippen LogP) is 4.45. The van der Waals surface area contributed by atoms with Crippen molar-refractivity contribution in [3.63, 3.8) is 0 Å². The molecule has 0 radical (unpaired) electrons. The first-order chi connectivity index (χ1) is 15.8. The monoisotopic (exact) mass is 466 g/mol. The van der Waals surface area contributed by atoms with E-state index in [1.54, 1.807) is 17.7 Å². The lowest BCUT2D eigenvalue weighted by Gasteiger charge is -2.45. The summed E-state index contributed by atoms with van der Waals surface area (Å²) in [7, 11) is -1.95. The average Bonchev–Trinajstić information content (AvgIpc) is 3.24. The first-order valence-electron chi connectivity index (χ1n) is 11.6. The van der Waals surface area contributed by atoms with Crippen LogP contribution in [-0.4, -0.2) is 42.5 Å². The molecule has 1 aliphatic rings. The van der Waals surface area contributed by atoms with Gasteiger partial charge in [0, 0.05) is 25.5 Å². The second-order valence-electron chi connectivity index (χ2n) is 9.52. The summed E-state index contributed by atoms with van der Waals surface area (Å²) in [6, 6.07) is 18.5. The molecule has 2 heterocycles. The standard InChI is InChI=1S/C26H34N4O2S/c1-21-18-30(15-8-11-22-9-5-4-6-10-22)16-14-26(21,2)23-12-7-13-24(17-23)28-33(31,32)25-19-29(3)20-27-25/h4-7,9-10,12-13,17,19-21,28H,8,11,14-16,18H2,1-3H3/t21-,26-/m0/s1. The lowest BCUT2D eigenvalue weighted by molar-refractivity contribution is 0.110. The molecule has 1 fully saturated rings. The van der Waals surface area contributed by atoms with Crippen LogP contribution in [0.2, 0.25) is 0 Å². The van der Waals surface area contributed by atoms with Crippen LogP contribution in [0.4, 0.5) is 5.69 Å². The summed E-state index contributed by atoms with van der Waals surface area (Å²) < 4.78 is 29.7. The van der Waals surface area contributed by atoms with Crippen molar-refractivity contribution in [2.24, 2.45) is 13.0 Å². The van der Waals surface area contributed by atoms with Crippen molar-refractivity contribution in [2.45, 2.75) is 43.6 Å². The Hall–Kier alpha value is -2.64. The zero-order chi connectivity index (χ0) is 23.5. The molecular weight excluding hydrogens is 432 g/mol. The van der Waals surface area contributed by atoms with E-state index in [0.29, 0.717) is 11.6 Å². The molecule has 2 atom stereocenters. The number of nitrogens with one attached hydrogen (secondary N) is 1. The molecule has 3 aromatic rings. The fourth-order valence-corrected chi connectivity index (χ4v) is 5.81. The van der Waals surface area contributed by atoms with Gasteiger partial charge in [-0.1, -0.05) is 56.3 Å². The van der Waals surface area contributed by atoms with Gasteiger partial charge in [-0.15, -0.1) is 0 Å². The Kier molecular flexibility index (Phi) is 6.91. The van der Waals surface area contributed by atoms with Crippen LogP contribution in [0.1, 0.15) is 37.8 Å². The molecule has 1 N–H and O–H groups in total. The highest BCUT2D eigenvalue weighted by atomic mass is 32.2. The van der Waals surface area contributed by atoms with Crippen LogP contribution < -0.4 is 4.72 Å². The van der Waals surface area contributed by atoms with E-state index in [1.807, 2.05) is 12.1 Å². The molecule has 1 aromatic heterocycles. The van der Waals surface area contributed by atoms with Gasteiger partial charge < -0.3 is 9.47 Å². The van der Waals surface area contributed by atoms with Gasteiger partial charge in [-0.25, -0.2) is 4.98 Å². The molecule has 4 rings (SSSR count). The van der Waals surface area contributed by atoms with E-state index < -0.39 is 10.0 Å². The Morgan fingerprint density at radius 1 is 1.15 bits per heavy atom. The molecule has 0 aliphatic carbocycles. The summed E-state index contributed by atoms with van der Waals surface area (Å²) in [6.45, 7) is 7.84. The van der Waals surface area contributed by atoms with Gasteiger partial charge in [-0.05, 0) is 66.9 Å². The molecule has 2 aromatic carbocycles. The highest BCUT2D eigenvalue weighted by Gasteiger charge is 2.38.